The zero-order valence-corrected chi connectivity index (χ0v) is 19.6. The number of fused-ring (bicyclic) bond motifs is 1. The van der Waals surface area contributed by atoms with Gasteiger partial charge in [-0.1, -0.05) is 36.5 Å². The van der Waals surface area contributed by atoms with Crippen LogP contribution in [-0.2, 0) is 14.6 Å². The van der Waals surface area contributed by atoms with E-state index in [1.165, 1.54) is 17.4 Å². The third-order valence-electron chi connectivity index (χ3n) is 5.79. The van der Waals surface area contributed by atoms with Crippen molar-refractivity contribution in [2.24, 2.45) is 0 Å². The van der Waals surface area contributed by atoms with Crippen molar-refractivity contribution in [2.75, 3.05) is 23.8 Å². The molecule has 0 saturated carbocycles. The van der Waals surface area contributed by atoms with Crippen molar-refractivity contribution in [2.45, 2.75) is 44.6 Å². The van der Waals surface area contributed by atoms with Crippen LogP contribution in [0.3, 0.4) is 0 Å². The number of ether oxygens (including phenoxy) is 1. The lowest BCUT2D eigenvalue weighted by atomic mass is 10.1. The molecular formula is C23H26N2O4S2. The fourth-order valence-electron chi connectivity index (χ4n) is 3.79. The van der Waals surface area contributed by atoms with Gasteiger partial charge in [0.05, 0.1) is 39.1 Å². The van der Waals surface area contributed by atoms with E-state index in [1.54, 1.807) is 30.0 Å². The number of amides is 1. The predicted octanol–water partition coefficient (Wildman–Crippen LogP) is 4.53. The first-order valence-electron chi connectivity index (χ1n) is 10.4. The van der Waals surface area contributed by atoms with E-state index >= 15 is 0 Å². The molecule has 2 heterocycles. The zero-order valence-electron chi connectivity index (χ0n) is 17.9. The molecule has 2 aromatic carbocycles. The highest BCUT2D eigenvalue weighted by Gasteiger charge is 2.30. The summed E-state index contributed by atoms with van der Waals surface area (Å²) in [6.07, 6.45) is 1.72. The molecule has 31 heavy (non-hydrogen) atoms. The highest BCUT2D eigenvalue weighted by atomic mass is 32.2. The number of aromatic nitrogens is 1. The number of benzene rings is 2. The molecular weight excluding hydrogens is 432 g/mol. The van der Waals surface area contributed by atoms with Gasteiger partial charge in [-0.15, -0.1) is 0 Å². The van der Waals surface area contributed by atoms with Gasteiger partial charge in [-0.05, 0) is 56.0 Å². The summed E-state index contributed by atoms with van der Waals surface area (Å²) >= 11 is 1.44. The van der Waals surface area contributed by atoms with Crippen molar-refractivity contribution in [3.05, 3.63) is 53.1 Å². The number of nitrogens with zero attached hydrogens (tertiary/aromatic N) is 2. The van der Waals surface area contributed by atoms with E-state index in [0.29, 0.717) is 18.3 Å². The van der Waals surface area contributed by atoms with E-state index in [2.05, 4.69) is 6.07 Å². The number of carbonyl (C=O) groups is 1. The Morgan fingerprint density at radius 1 is 1.23 bits per heavy atom. The van der Waals surface area contributed by atoms with Gasteiger partial charge >= 0.3 is 0 Å². The first-order valence-corrected chi connectivity index (χ1v) is 12.9. The number of sulfone groups is 1. The Morgan fingerprint density at radius 3 is 2.71 bits per heavy atom. The normalized spacial score (nSPS) is 16.7. The maximum absolute atomic E-state index is 13.7. The number of aryl methyl sites for hydroxylation is 2. The molecule has 3 aromatic rings. The van der Waals surface area contributed by atoms with Gasteiger partial charge in [0.25, 0.3) is 5.91 Å². The van der Waals surface area contributed by atoms with Crippen molar-refractivity contribution < 1.29 is 17.9 Å². The van der Waals surface area contributed by atoms with E-state index in [0.717, 1.165) is 34.2 Å². The minimum absolute atomic E-state index is 0.0629. The summed E-state index contributed by atoms with van der Waals surface area (Å²) in [6.45, 7) is 6.66. The fourth-order valence-corrected chi connectivity index (χ4v) is 5.91. The maximum atomic E-state index is 13.7. The van der Waals surface area contributed by atoms with E-state index < -0.39 is 9.84 Å². The van der Waals surface area contributed by atoms with Crippen LogP contribution in [0.4, 0.5) is 5.13 Å². The molecule has 1 amide bonds. The third kappa shape index (κ3) is 4.24. The number of anilines is 1. The zero-order chi connectivity index (χ0) is 22.2. The summed E-state index contributed by atoms with van der Waals surface area (Å²) in [5, 5.41) is 0.563. The molecule has 1 aliphatic rings. The summed E-state index contributed by atoms with van der Waals surface area (Å²) in [4.78, 5) is 20.2. The largest absolute Gasteiger partial charge is 0.376 e. The Labute approximate surface area is 186 Å². The number of hydrogen-bond acceptors (Lipinski definition) is 6. The molecule has 8 heteroatoms. The van der Waals surface area contributed by atoms with Crippen molar-refractivity contribution >= 4 is 42.4 Å². The van der Waals surface area contributed by atoms with Gasteiger partial charge in [-0.3, -0.25) is 9.69 Å². The molecule has 0 N–H and O–H groups in total. The van der Waals surface area contributed by atoms with Gasteiger partial charge in [0, 0.05) is 6.61 Å². The lowest BCUT2D eigenvalue weighted by Crippen LogP contribution is -2.38. The Bertz CT molecular complexity index is 1230. The highest BCUT2D eigenvalue weighted by molar-refractivity contribution is 7.91. The molecule has 1 atom stereocenters. The van der Waals surface area contributed by atoms with E-state index in [1.807, 2.05) is 19.9 Å². The molecule has 0 spiro atoms. The van der Waals surface area contributed by atoms with Crippen molar-refractivity contribution in [3.8, 4) is 0 Å². The van der Waals surface area contributed by atoms with Crippen LogP contribution in [0.1, 0.15) is 41.3 Å². The smallest absolute Gasteiger partial charge is 0.261 e. The highest BCUT2D eigenvalue weighted by Crippen LogP contribution is 2.34. The second kappa shape index (κ2) is 8.68. The second-order valence-corrected chi connectivity index (χ2v) is 11.1. The van der Waals surface area contributed by atoms with Crippen LogP contribution in [0.2, 0.25) is 0 Å². The Kier molecular flexibility index (Phi) is 6.14. The summed E-state index contributed by atoms with van der Waals surface area (Å²) in [5.74, 6) is -0.431. The standard InChI is InChI=1S/C23H26N2O4S2/c1-4-31(27,28)20-10-6-5-9-18(20)22(26)25(14-17-8-7-13-29-17)23-24-21-16(3)15(2)11-12-19(21)30-23/h5-6,9-12,17H,4,7-8,13-14H2,1-3H3. The van der Waals surface area contributed by atoms with Crippen molar-refractivity contribution in [1.82, 2.24) is 4.98 Å². The molecule has 1 aromatic heterocycles. The van der Waals surface area contributed by atoms with E-state index in [4.69, 9.17) is 9.72 Å². The minimum Gasteiger partial charge on any atom is -0.376 e. The van der Waals surface area contributed by atoms with Crippen molar-refractivity contribution in [1.29, 1.82) is 0 Å². The first-order chi connectivity index (χ1) is 14.8. The Morgan fingerprint density at radius 2 is 2.00 bits per heavy atom. The van der Waals surface area contributed by atoms with Gasteiger partial charge in [0.15, 0.2) is 15.0 Å². The molecule has 6 nitrogen and oxygen atoms in total. The van der Waals surface area contributed by atoms with E-state index in [9.17, 15) is 13.2 Å². The van der Waals surface area contributed by atoms with Gasteiger partial charge < -0.3 is 4.74 Å². The topological polar surface area (TPSA) is 76.6 Å². The average Bonchev–Trinajstić information content (AvgIpc) is 3.44. The fraction of sp³-hybridized carbons (Fsp3) is 0.391. The third-order valence-corrected chi connectivity index (χ3v) is 8.62. The number of thiazole rings is 1. The quantitative estimate of drug-likeness (QED) is 0.542. The molecule has 164 valence electrons. The molecule has 1 fully saturated rings. The van der Waals surface area contributed by atoms with Crippen LogP contribution in [0.25, 0.3) is 10.2 Å². The Hall–Kier alpha value is -2.29. The summed E-state index contributed by atoms with van der Waals surface area (Å²) in [5.41, 5.74) is 3.27. The lowest BCUT2D eigenvalue weighted by Gasteiger charge is -2.24. The maximum Gasteiger partial charge on any atom is 0.261 e. The predicted molar refractivity (Wildman–Crippen MR) is 124 cm³/mol. The van der Waals surface area contributed by atoms with Gasteiger partial charge in [-0.25, -0.2) is 13.4 Å². The number of hydrogen-bond donors (Lipinski definition) is 0. The van der Waals surface area contributed by atoms with Crippen molar-refractivity contribution in [3.63, 3.8) is 0 Å². The van der Waals surface area contributed by atoms with E-state index in [-0.39, 0.29) is 28.2 Å². The van der Waals surface area contributed by atoms with Crippen LogP contribution in [-0.4, -0.2) is 44.3 Å². The Balaban J connectivity index is 1.81. The minimum atomic E-state index is -3.55. The molecule has 1 aliphatic heterocycles. The molecule has 1 saturated heterocycles. The molecule has 4 rings (SSSR count). The summed E-state index contributed by atoms with van der Waals surface area (Å²) < 4.78 is 32.1. The summed E-state index contributed by atoms with van der Waals surface area (Å²) in [7, 11) is -3.55. The van der Waals surface area contributed by atoms with Crippen LogP contribution in [0, 0.1) is 13.8 Å². The lowest BCUT2D eigenvalue weighted by molar-refractivity contribution is 0.0915. The number of carbonyl (C=O) groups excluding carboxylic acids is 1. The molecule has 0 aliphatic carbocycles. The monoisotopic (exact) mass is 458 g/mol. The van der Waals surface area contributed by atoms with Crippen LogP contribution >= 0.6 is 11.3 Å². The summed E-state index contributed by atoms with van der Waals surface area (Å²) in [6, 6.07) is 10.5. The van der Waals surface area contributed by atoms with Gasteiger partial charge in [-0.2, -0.15) is 0 Å². The second-order valence-electron chi connectivity index (χ2n) is 7.80. The SMILES string of the molecule is CCS(=O)(=O)c1ccccc1C(=O)N(CC1CCCO1)c1nc2c(C)c(C)ccc2s1. The molecule has 0 bridgehead atoms. The molecule has 0 radical (unpaired) electrons. The molecule has 1 unspecified atom stereocenters. The van der Waals surface area contributed by atoms with Gasteiger partial charge in [0.2, 0.25) is 0 Å². The van der Waals surface area contributed by atoms with Crippen LogP contribution < -0.4 is 4.90 Å². The number of rotatable bonds is 6. The van der Waals surface area contributed by atoms with Gasteiger partial charge in [0.1, 0.15) is 0 Å². The average molecular weight is 459 g/mol. The van der Waals surface area contributed by atoms with Crippen LogP contribution in [0.15, 0.2) is 41.3 Å². The first kappa shape index (κ1) is 21.9. The van der Waals surface area contributed by atoms with Crippen LogP contribution in [0.5, 0.6) is 0 Å².